The smallest absolute Gasteiger partial charge is 0.293 e. The SMILES string of the molecule is CC.CC(C)(C)OC=O.CN1CCCC(F)C1. The molecule has 1 atom stereocenters. The molecule has 17 heavy (non-hydrogen) atoms. The van der Waals surface area contributed by atoms with Gasteiger partial charge in [-0.3, -0.25) is 4.79 Å². The zero-order chi connectivity index (χ0) is 13.9. The first-order valence-electron chi connectivity index (χ1n) is 6.29. The molecule has 0 aromatic heterocycles. The summed E-state index contributed by atoms with van der Waals surface area (Å²) in [6.45, 7) is 11.6. The fourth-order valence-electron chi connectivity index (χ4n) is 1.25. The lowest BCUT2D eigenvalue weighted by molar-refractivity contribution is -0.138. The van der Waals surface area contributed by atoms with Gasteiger partial charge in [-0.2, -0.15) is 0 Å². The number of halogens is 1. The van der Waals surface area contributed by atoms with Crippen molar-refractivity contribution in [2.24, 2.45) is 0 Å². The molecule has 1 fully saturated rings. The molecule has 0 bridgehead atoms. The van der Waals surface area contributed by atoms with E-state index in [2.05, 4.69) is 4.74 Å². The Balaban J connectivity index is 0. The summed E-state index contributed by atoms with van der Waals surface area (Å²) in [5.41, 5.74) is -0.318. The van der Waals surface area contributed by atoms with Crippen LogP contribution in [0.25, 0.3) is 0 Å². The van der Waals surface area contributed by atoms with E-state index in [9.17, 15) is 9.18 Å². The van der Waals surface area contributed by atoms with Crippen LogP contribution in [0.5, 0.6) is 0 Å². The molecular formula is C13H28FNO2. The van der Waals surface area contributed by atoms with Gasteiger partial charge in [0.1, 0.15) is 11.8 Å². The van der Waals surface area contributed by atoms with Crippen LogP contribution in [0.4, 0.5) is 4.39 Å². The molecule has 0 amide bonds. The molecule has 0 spiro atoms. The number of carbonyl (C=O) groups excluding carboxylic acids is 1. The van der Waals surface area contributed by atoms with Gasteiger partial charge in [-0.15, -0.1) is 0 Å². The predicted octanol–water partition coefficient (Wildman–Crippen LogP) is 3.03. The first-order chi connectivity index (χ1) is 7.85. The van der Waals surface area contributed by atoms with Gasteiger partial charge in [0.25, 0.3) is 6.47 Å². The van der Waals surface area contributed by atoms with E-state index in [0.29, 0.717) is 13.0 Å². The average molecular weight is 249 g/mol. The van der Waals surface area contributed by atoms with Crippen LogP contribution in [0.3, 0.4) is 0 Å². The maximum atomic E-state index is 12.4. The maximum absolute atomic E-state index is 12.4. The quantitative estimate of drug-likeness (QED) is 0.669. The first-order valence-corrected chi connectivity index (χ1v) is 6.29. The topological polar surface area (TPSA) is 29.5 Å². The van der Waals surface area contributed by atoms with Crippen molar-refractivity contribution < 1.29 is 13.9 Å². The number of hydrogen-bond donors (Lipinski definition) is 0. The molecule has 0 aromatic carbocycles. The van der Waals surface area contributed by atoms with Crippen LogP contribution in [-0.2, 0) is 9.53 Å². The standard InChI is InChI=1S/C6H12FN.C5H10O2.C2H6/c1-8-4-2-3-6(7)5-8;1-5(2,3)7-4-6;1-2/h6H,2-5H2,1H3;4H,1-3H3;1-2H3. The highest BCUT2D eigenvalue weighted by molar-refractivity contribution is 5.37. The number of piperidine rings is 1. The summed E-state index contributed by atoms with van der Waals surface area (Å²) < 4.78 is 16.9. The van der Waals surface area contributed by atoms with Gasteiger partial charge in [-0.05, 0) is 47.2 Å². The highest BCUT2D eigenvalue weighted by atomic mass is 19.1. The van der Waals surface area contributed by atoms with Crippen LogP contribution >= 0.6 is 0 Å². The molecule has 3 nitrogen and oxygen atoms in total. The second-order valence-electron chi connectivity index (χ2n) is 4.83. The lowest BCUT2D eigenvalue weighted by Gasteiger charge is -2.24. The molecule has 4 heteroatoms. The van der Waals surface area contributed by atoms with Gasteiger partial charge in [0.15, 0.2) is 0 Å². The van der Waals surface area contributed by atoms with Crippen molar-refractivity contribution in [1.82, 2.24) is 4.90 Å². The molecule has 1 rings (SSSR count). The Morgan fingerprint density at radius 3 is 2.06 bits per heavy atom. The van der Waals surface area contributed by atoms with Gasteiger partial charge in [-0.25, -0.2) is 4.39 Å². The van der Waals surface area contributed by atoms with Crippen LogP contribution in [0, 0.1) is 0 Å². The van der Waals surface area contributed by atoms with Gasteiger partial charge < -0.3 is 9.64 Å². The van der Waals surface area contributed by atoms with E-state index >= 15 is 0 Å². The van der Waals surface area contributed by atoms with E-state index in [0.717, 1.165) is 19.4 Å². The van der Waals surface area contributed by atoms with Gasteiger partial charge in [0, 0.05) is 6.54 Å². The molecule has 1 aliphatic heterocycles. The molecular weight excluding hydrogens is 221 g/mol. The fraction of sp³-hybridized carbons (Fsp3) is 0.923. The first kappa shape index (κ1) is 18.7. The molecule has 0 aliphatic carbocycles. The van der Waals surface area contributed by atoms with E-state index in [-0.39, 0.29) is 5.60 Å². The van der Waals surface area contributed by atoms with Crippen molar-refractivity contribution in [2.75, 3.05) is 20.1 Å². The number of likely N-dealkylation sites (tertiary alicyclic amines) is 1. The minimum atomic E-state index is -0.561. The molecule has 1 saturated heterocycles. The number of carbonyl (C=O) groups is 1. The van der Waals surface area contributed by atoms with Crippen molar-refractivity contribution in [3.8, 4) is 0 Å². The van der Waals surface area contributed by atoms with Gasteiger partial charge in [-0.1, -0.05) is 13.8 Å². The third-order valence-corrected chi connectivity index (χ3v) is 1.97. The lowest BCUT2D eigenvalue weighted by atomic mass is 10.1. The van der Waals surface area contributed by atoms with Crippen LogP contribution in [-0.4, -0.2) is 43.3 Å². The van der Waals surface area contributed by atoms with E-state index in [4.69, 9.17) is 0 Å². The zero-order valence-corrected chi connectivity index (χ0v) is 12.1. The summed E-state index contributed by atoms with van der Waals surface area (Å²) in [7, 11) is 1.96. The summed E-state index contributed by atoms with van der Waals surface area (Å²) in [6.07, 6.45) is 1.23. The maximum Gasteiger partial charge on any atom is 0.293 e. The van der Waals surface area contributed by atoms with Crippen molar-refractivity contribution in [2.45, 2.75) is 59.2 Å². The minimum absolute atomic E-state index is 0.318. The van der Waals surface area contributed by atoms with Crippen molar-refractivity contribution in [3.05, 3.63) is 0 Å². The molecule has 1 aliphatic rings. The Hall–Kier alpha value is -0.640. The minimum Gasteiger partial charge on any atom is -0.462 e. The molecule has 1 heterocycles. The normalized spacial score (nSPS) is 20.3. The van der Waals surface area contributed by atoms with E-state index in [1.54, 1.807) is 0 Å². The summed E-state index contributed by atoms with van der Waals surface area (Å²) in [5, 5.41) is 0. The Morgan fingerprint density at radius 2 is 1.88 bits per heavy atom. The second kappa shape index (κ2) is 10.5. The number of nitrogens with zero attached hydrogens (tertiary/aromatic N) is 1. The Kier molecular flexibility index (Phi) is 11.6. The predicted molar refractivity (Wildman–Crippen MR) is 69.9 cm³/mol. The molecule has 104 valence electrons. The summed E-state index contributed by atoms with van der Waals surface area (Å²) in [5.74, 6) is 0. The summed E-state index contributed by atoms with van der Waals surface area (Å²) in [4.78, 5) is 11.6. The highest BCUT2D eigenvalue weighted by Gasteiger charge is 2.14. The van der Waals surface area contributed by atoms with Crippen molar-refractivity contribution >= 4 is 6.47 Å². The Morgan fingerprint density at radius 1 is 1.35 bits per heavy atom. The van der Waals surface area contributed by atoms with Crippen molar-refractivity contribution in [1.29, 1.82) is 0 Å². The summed E-state index contributed by atoms with van der Waals surface area (Å²) in [6, 6.07) is 0. The third-order valence-electron chi connectivity index (χ3n) is 1.97. The molecule has 1 unspecified atom stereocenters. The number of hydrogen-bond acceptors (Lipinski definition) is 3. The fourth-order valence-corrected chi connectivity index (χ4v) is 1.25. The largest absolute Gasteiger partial charge is 0.462 e. The Bertz CT molecular complexity index is 173. The van der Waals surface area contributed by atoms with Crippen LogP contribution < -0.4 is 0 Å². The average Bonchev–Trinajstić information content (AvgIpc) is 2.19. The lowest BCUT2D eigenvalue weighted by Crippen LogP contribution is -2.32. The monoisotopic (exact) mass is 249 g/mol. The Labute approximate surface area is 105 Å². The molecule has 0 radical (unpaired) electrons. The van der Waals surface area contributed by atoms with Crippen LogP contribution in [0.1, 0.15) is 47.5 Å². The van der Waals surface area contributed by atoms with E-state index < -0.39 is 6.17 Å². The van der Waals surface area contributed by atoms with Crippen molar-refractivity contribution in [3.63, 3.8) is 0 Å². The summed E-state index contributed by atoms with van der Waals surface area (Å²) >= 11 is 0. The van der Waals surface area contributed by atoms with Gasteiger partial charge >= 0.3 is 0 Å². The number of rotatable bonds is 1. The number of alkyl halides is 1. The second-order valence-corrected chi connectivity index (χ2v) is 4.83. The van der Waals surface area contributed by atoms with E-state index in [1.807, 2.05) is 46.6 Å². The number of ether oxygens (including phenoxy) is 1. The molecule has 0 N–H and O–H groups in total. The molecule has 0 aromatic rings. The van der Waals surface area contributed by atoms with E-state index in [1.165, 1.54) is 0 Å². The van der Waals surface area contributed by atoms with Crippen LogP contribution in [0.2, 0.25) is 0 Å². The van der Waals surface area contributed by atoms with Gasteiger partial charge in [0.2, 0.25) is 0 Å². The van der Waals surface area contributed by atoms with Gasteiger partial charge in [0.05, 0.1) is 0 Å². The zero-order valence-electron chi connectivity index (χ0n) is 12.1. The van der Waals surface area contributed by atoms with Crippen LogP contribution in [0.15, 0.2) is 0 Å². The molecule has 0 saturated carbocycles. The third kappa shape index (κ3) is 15.4. The highest BCUT2D eigenvalue weighted by Crippen LogP contribution is 2.09.